The molecule has 4 rings (SSSR count). The normalized spacial score (nSPS) is 13.5. The van der Waals surface area contributed by atoms with Crippen LogP contribution in [0, 0.1) is 20.4 Å². The van der Waals surface area contributed by atoms with Gasteiger partial charge in [-0.25, -0.2) is 4.68 Å². The number of anilines is 1. The van der Waals surface area contributed by atoms with Gasteiger partial charge in [0, 0.05) is 53.8 Å². The van der Waals surface area contributed by atoms with Crippen molar-refractivity contribution in [3.8, 4) is 11.1 Å². The first-order chi connectivity index (χ1) is 13.5. The van der Waals surface area contributed by atoms with Crippen LogP contribution in [0.3, 0.4) is 0 Å². The molecule has 0 saturated carbocycles. The standard InChI is InChI=1S/C19H17F2N7/c1-11-12(2)18(26-25-17(11)22-3)27-5-4-16-14(9-27)6-13(7-23-16)15-8-24-28(10-15)19(20)21/h6-8,10,19H,4-5,9H2,1-2H3. The highest BCUT2D eigenvalue weighted by atomic mass is 19.3. The van der Waals surface area contributed by atoms with Crippen molar-refractivity contribution < 1.29 is 8.78 Å². The second-order valence-electron chi connectivity index (χ2n) is 6.70. The molecule has 0 radical (unpaired) electrons. The van der Waals surface area contributed by atoms with E-state index in [1.54, 1.807) is 6.20 Å². The minimum Gasteiger partial charge on any atom is -0.359 e. The highest BCUT2D eigenvalue weighted by Gasteiger charge is 2.23. The molecule has 7 nitrogen and oxygen atoms in total. The maximum Gasteiger partial charge on any atom is 0.333 e. The minimum atomic E-state index is -2.67. The van der Waals surface area contributed by atoms with Crippen molar-refractivity contribution in [3.05, 3.63) is 58.5 Å². The van der Waals surface area contributed by atoms with Crippen molar-refractivity contribution in [1.29, 1.82) is 0 Å². The predicted molar refractivity (Wildman–Crippen MR) is 99.2 cm³/mol. The van der Waals surface area contributed by atoms with Gasteiger partial charge in [-0.3, -0.25) is 4.98 Å². The maximum absolute atomic E-state index is 12.8. The van der Waals surface area contributed by atoms with E-state index in [0.29, 0.717) is 22.6 Å². The average molecular weight is 381 g/mol. The highest BCUT2D eigenvalue weighted by Crippen LogP contribution is 2.30. The van der Waals surface area contributed by atoms with Crippen LogP contribution in [0.2, 0.25) is 0 Å². The third kappa shape index (κ3) is 3.07. The fraction of sp³-hybridized carbons (Fsp3) is 0.316. The number of aromatic nitrogens is 5. The van der Waals surface area contributed by atoms with Gasteiger partial charge in [-0.2, -0.15) is 13.9 Å². The van der Waals surface area contributed by atoms with E-state index in [9.17, 15) is 8.78 Å². The Hall–Kier alpha value is -3.41. The van der Waals surface area contributed by atoms with Crippen molar-refractivity contribution in [2.75, 3.05) is 11.4 Å². The SMILES string of the molecule is [C-]#[N+]c1nnc(N2CCc3ncc(-c4cnn(C(F)F)c4)cc3C2)c(C)c1C. The topological polar surface area (TPSA) is 64.1 Å². The van der Waals surface area contributed by atoms with Gasteiger partial charge in [0.2, 0.25) is 0 Å². The second kappa shape index (κ2) is 6.96. The van der Waals surface area contributed by atoms with Crippen molar-refractivity contribution in [1.82, 2.24) is 25.0 Å². The Morgan fingerprint density at radius 2 is 1.96 bits per heavy atom. The molecule has 1 aliphatic rings. The van der Waals surface area contributed by atoms with E-state index in [0.717, 1.165) is 46.7 Å². The molecule has 28 heavy (non-hydrogen) atoms. The van der Waals surface area contributed by atoms with Crippen LogP contribution in [0.1, 0.15) is 28.9 Å². The molecule has 0 fully saturated rings. The molecule has 9 heteroatoms. The number of hydrogen-bond donors (Lipinski definition) is 0. The summed E-state index contributed by atoms with van der Waals surface area (Å²) >= 11 is 0. The van der Waals surface area contributed by atoms with E-state index < -0.39 is 6.55 Å². The molecule has 0 unspecified atom stereocenters. The van der Waals surface area contributed by atoms with Crippen LogP contribution < -0.4 is 4.90 Å². The first kappa shape index (κ1) is 18.0. The van der Waals surface area contributed by atoms with Crippen molar-refractivity contribution in [2.24, 2.45) is 0 Å². The molecule has 0 amide bonds. The zero-order valence-electron chi connectivity index (χ0n) is 15.4. The fourth-order valence-electron chi connectivity index (χ4n) is 3.35. The lowest BCUT2D eigenvalue weighted by Crippen LogP contribution is -2.32. The Morgan fingerprint density at radius 1 is 1.14 bits per heavy atom. The van der Waals surface area contributed by atoms with Crippen LogP contribution >= 0.6 is 0 Å². The first-order valence-corrected chi connectivity index (χ1v) is 8.74. The van der Waals surface area contributed by atoms with Gasteiger partial charge in [0.25, 0.3) is 5.82 Å². The largest absolute Gasteiger partial charge is 0.359 e. The number of hydrogen-bond acceptors (Lipinski definition) is 5. The van der Waals surface area contributed by atoms with Crippen LogP contribution in [0.25, 0.3) is 16.0 Å². The van der Waals surface area contributed by atoms with Gasteiger partial charge in [-0.15, -0.1) is 0 Å². The molecule has 4 heterocycles. The Balaban J connectivity index is 1.65. The van der Waals surface area contributed by atoms with Crippen LogP contribution in [0.4, 0.5) is 20.4 Å². The van der Waals surface area contributed by atoms with Crippen LogP contribution in [0.5, 0.6) is 0 Å². The molecule has 0 aliphatic carbocycles. The number of halogens is 2. The summed E-state index contributed by atoms with van der Waals surface area (Å²) in [6.07, 6.45) is 5.17. The number of nitrogens with zero attached hydrogens (tertiary/aromatic N) is 7. The maximum atomic E-state index is 12.8. The summed E-state index contributed by atoms with van der Waals surface area (Å²) in [6.45, 7) is 9.65. The Morgan fingerprint density at radius 3 is 2.68 bits per heavy atom. The van der Waals surface area contributed by atoms with Crippen LogP contribution in [-0.2, 0) is 13.0 Å². The summed E-state index contributed by atoms with van der Waals surface area (Å²) in [6, 6.07) is 1.96. The third-order valence-corrected chi connectivity index (χ3v) is 5.05. The van der Waals surface area contributed by atoms with Gasteiger partial charge >= 0.3 is 6.55 Å². The average Bonchev–Trinajstić information content (AvgIpc) is 3.20. The quantitative estimate of drug-likeness (QED) is 0.645. The summed E-state index contributed by atoms with van der Waals surface area (Å²) in [5.41, 5.74) is 5.11. The van der Waals surface area contributed by atoms with Crippen LogP contribution in [0.15, 0.2) is 24.7 Å². The molecule has 142 valence electrons. The zero-order chi connectivity index (χ0) is 19.8. The summed E-state index contributed by atoms with van der Waals surface area (Å²) in [4.78, 5) is 10.0. The Bertz CT molecular complexity index is 1080. The number of alkyl halides is 2. The smallest absolute Gasteiger partial charge is 0.333 e. The second-order valence-corrected chi connectivity index (χ2v) is 6.70. The molecule has 3 aromatic heterocycles. The zero-order valence-corrected chi connectivity index (χ0v) is 15.4. The molecule has 1 aliphatic heterocycles. The van der Waals surface area contributed by atoms with E-state index in [-0.39, 0.29) is 0 Å². The number of rotatable bonds is 3. The van der Waals surface area contributed by atoms with E-state index in [2.05, 4.69) is 30.0 Å². The molecule has 0 spiro atoms. The van der Waals surface area contributed by atoms with E-state index in [1.807, 2.05) is 19.9 Å². The van der Waals surface area contributed by atoms with Crippen molar-refractivity contribution >= 4 is 11.6 Å². The van der Waals surface area contributed by atoms with Gasteiger partial charge < -0.3 is 9.74 Å². The lowest BCUT2D eigenvalue weighted by Gasteiger charge is -2.30. The Labute approximate surface area is 160 Å². The van der Waals surface area contributed by atoms with Crippen LogP contribution in [-0.4, -0.2) is 31.5 Å². The molecular formula is C19H17F2N7. The predicted octanol–water partition coefficient (Wildman–Crippen LogP) is 3.86. The van der Waals surface area contributed by atoms with E-state index in [4.69, 9.17) is 6.57 Å². The third-order valence-electron chi connectivity index (χ3n) is 5.05. The van der Waals surface area contributed by atoms with Gasteiger partial charge in [0.1, 0.15) is 0 Å². The molecule has 0 atom stereocenters. The molecule has 0 N–H and O–H groups in total. The first-order valence-electron chi connectivity index (χ1n) is 8.74. The summed E-state index contributed by atoms with van der Waals surface area (Å²) in [5, 5.41) is 12.0. The monoisotopic (exact) mass is 381 g/mol. The van der Waals surface area contributed by atoms with Crippen molar-refractivity contribution in [2.45, 2.75) is 33.4 Å². The highest BCUT2D eigenvalue weighted by molar-refractivity contribution is 5.63. The summed E-state index contributed by atoms with van der Waals surface area (Å²) in [5.74, 6) is 1.07. The summed E-state index contributed by atoms with van der Waals surface area (Å²) in [7, 11) is 0. The number of fused-ring (bicyclic) bond motifs is 1. The lowest BCUT2D eigenvalue weighted by molar-refractivity contribution is 0.0566. The Kier molecular flexibility index (Phi) is 4.47. The molecule has 3 aromatic rings. The summed E-state index contributed by atoms with van der Waals surface area (Å²) < 4.78 is 26.2. The lowest BCUT2D eigenvalue weighted by atomic mass is 10.0. The van der Waals surface area contributed by atoms with E-state index >= 15 is 0 Å². The van der Waals surface area contributed by atoms with E-state index in [1.165, 1.54) is 12.4 Å². The van der Waals surface area contributed by atoms with Gasteiger partial charge in [0.05, 0.1) is 6.20 Å². The van der Waals surface area contributed by atoms with Crippen molar-refractivity contribution in [3.63, 3.8) is 0 Å². The number of pyridine rings is 1. The molecule has 0 saturated heterocycles. The fourth-order valence-corrected chi connectivity index (χ4v) is 3.35. The molecule has 0 aromatic carbocycles. The van der Waals surface area contributed by atoms with Gasteiger partial charge in [-0.05, 0) is 41.7 Å². The molecular weight excluding hydrogens is 364 g/mol. The molecule has 0 bridgehead atoms. The van der Waals surface area contributed by atoms with Gasteiger partial charge in [-0.1, -0.05) is 6.57 Å². The minimum absolute atomic E-state index is 0.318. The van der Waals surface area contributed by atoms with Gasteiger partial charge in [0.15, 0.2) is 5.82 Å².